The first-order chi connectivity index (χ1) is 12.4. The first kappa shape index (κ1) is 20.1. The molecule has 0 fully saturated rings. The normalized spacial score (nSPS) is 10.7. The summed E-state index contributed by atoms with van der Waals surface area (Å²) in [5, 5.41) is 3.39. The third-order valence-electron chi connectivity index (χ3n) is 3.77. The highest BCUT2D eigenvalue weighted by molar-refractivity contribution is 6.32. The van der Waals surface area contributed by atoms with Gasteiger partial charge in [0.2, 0.25) is 5.91 Å². The lowest BCUT2D eigenvalue weighted by atomic mass is 10.2. The highest BCUT2D eigenvalue weighted by atomic mass is 35.5. The second-order valence-electron chi connectivity index (χ2n) is 6.13. The molecule has 0 unspecified atom stereocenters. The molecular weight excluding hydrogens is 352 g/mol. The highest BCUT2D eigenvalue weighted by Gasteiger charge is 2.14. The minimum Gasteiger partial charge on any atom is -0.491 e. The van der Waals surface area contributed by atoms with Crippen LogP contribution in [0.15, 0.2) is 36.4 Å². The van der Waals surface area contributed by atoms with Crippen molar-refractivity contribution in [3.8, 4) is 11.5 Å². The molecule has 0 aliphatic rings. The lowest BCUT2D eigenvalue weighted by molar-refractivity contribution is -0.117. The van der Waals surface area contributed by atoms with Crippen LogP contribution >= 0.6 is 11.6 Å². The Morgan fingerprint density at radius 3 is 2.54 bits per heavy atom. The van der Waals surface area contributed by atoms with E-state index in [9.17, 15) is 4.79 Å². The van der Waals surface area contributed by atoms with E-state index in [1.165, 1.54) is 0 Å². The number of hydrogen-bond donors (Lipinski definition) is 1. The smallest absolute Gasteiger partial charge is 0.238 e. The third kappa shape index (κ3) is 5.64. The average Bonchev–Trinajstić information content (AvgIpc) is 2.57. The van der Waals surface area contributed by atoms with Gasteiger partial charge >= 0.3 is 0 Å². The van der Waals surface area contributed by atoms with E-state index < -0.39 is 0 Å². The van der Waals surface area contributed by atoms with Gasteiger partial charge in [-0.3, -0.25) is 9.69 Å². The standard InChI is InChI=1S/C20H25ClN2O3/c1-5-26-18-11-15(10-17(21)20(18)25-4)12-23(3)13-19(24)22-16-8-6-14(2)7-9-16/h6-11H,5,12-13H2,1-4H3,(H,22,24). The zero-order chi connectivity index (χ0) is 19.1. The van der Waals surface area contributed by atoms with Gasteiger partial charge in [0.25, 0.3) is 0 Å². The van der Waals surface area contributed by atoms with E-state index in [1.807, 2.05) is 62.2 Å². The van der Waals surface area contributed by atoms with Gasteiger partial charge < -0.3 is 14.8 Å². The van der Waals surface area contributed by atoms with Gasteiger partial charge in [-0.05, 0) is 50.7 Å². The largest absolute Gasteiger partial charge is 0.491 e. The second kappa shape index (κ2) is 9.46. The van der Waals surface area contributed by atoms with Crippen molar-refractivity contribution in [3.05, 3.63) is 52.5 Å². The average molecular weight is 377 g/mol. The van der Waals surface area contributed by atoms with Crippen molar-refractivity contribution in [2.75, 3.05) is 32.6 Å². The fourth-order valence-electron chi connectivity index (χ4n) is 2.62. The molecule has 2 rings (SSSR count). The Balaban J connectivity index is 1.99. The molecule has 5 nitrogen and oxygen atoms in total. The SMILES string of the molecule is CCOc1cc(CN(C)CC(=O)Nc2ccc(C)cc2)cc(Cl)c1OC. The Kier molecular flexibility index (Phi) is 7.30. The van der Waals surface area contributed by atoms with Crippen molar-refractivity contribution in [1.29, 1.82) is 0 Å². The number of likely N-dealkylation sites (N-methyl/N-ethyl adjacent to an activating group) is 1. The molecule has 0 radical (unpaired) electrons. The maximum atomic E-state index is 12.2. The van der Waals surface area contributed by atoms with E-state index in [-0.39, 0.29) is 12.5 Å². The lowest BCUT2D eigenvalue weighted by Crippen LogP contribution is -2.29. The first-order valence-corrected chi connectivity index (χ1v) is 8.85. The summed E-state index contributed by atoms with van der Waals surface area (Å²) in [4.78, 5) is 14.1. The van der Waals surface area contributed by atoms with E-state index in [2.05, 4.69) is 5.32 Å². The Morgan fingerprint density at radius 1 is 1.23 bits per heavy atom. The summed E-state index contributed by atoms with van der Waals surface area (Å²) in [6.07, 6.45) is 0. The van der Waals surface area contributed by atoms with Crippen molar-refractivity contribution in [1.82, 2.24) is 4.90 Å². The van der Waals surface area contributed by atoms with Crippen LogP contribution in [-0.2, 0) is 11.3 Å². The van der Waals surface area contributed by atoms with Crippen LogP contribution < -0.4 is 14.8 Å². The van der Waals surface area contributed by atoms with E-state index >= 15 is 0 Å². The number of nitrogens with one attached hydrogen (secondary N) is 1. The van der Waals surface area contributed by atoms with Gasteiger partial charge in [-0.1, -0.05) is 29.3 Å². The van der Waals surface area contributed by atoms with E-state index in [4.69, 9.17) is 21.1 Å². The summed E-state index contributed by atoms with van der Waals surface area (Å²) in [5.74, 6) is 1.06. The van der Waals surface area contributed by atoms with Crippen LogP contribution in [0.1, 0.15) is 18.1 Å². The molecule has 26 heavy (non-hydrogen) atoms. The van der Waals surface area contributed by atoms with Crippen molar-refractivity contribution in [2.45, 2.75) is 20.4 Å². The Hall–Kier alpha value is -2.24. The molecule has 0 heterocycles. The fourth-order valence-corrected chi connectivity index (χ4v) is 2.93. The van der Waals surface area contributed by atoms with Crippen LogP contribution in [0.5, 0.6) is 11.5 Å². The molecule has 0 aliphatic heterocycles. The number of amides is 1. The van der Waals surface area contributed by atoms with Gasteiger partial charge in [-0.25, -0.2) is 0 Å². The monoisotopic (exact) mass is 376 g/mol. The molecule has 140 valence electrons. The molecule has 0 spiro atoms. The number of rotatable bonds is 8. The zero-order valence-corrected chi connectivity index (χ0v) is 16.4. The van der Waals surface area contributed by atoms with Gasteiger partial charge in [0, 0.05) is 12.2 Å². The van der Waals surface area contributed by atoms with E-state index in [0.717, 1.165) is 16.8 Å². The minimum atomic E-state index is -0.0685. The lowest BCUT2D eigenvalue weighted by Gasteiger charge is -2.18. The molecule has 1 N–H and O–H groups in total. The zero-order valence-electron chi connectivity index (χ0n) is 15.6. The molecule has 0 saturated heterocycles. The molecule has 0 aromatic heterocycles. The Bertz CT molecular complexity index is 747. The minimum absolute atomic E-state index is 0.0685. The van der Waals surface area contributed by atoms with Crippen molar-refractivity contribution in [2.24, 2.45) is 0 Å². The third-order valence-corrected chi connectivity index (χ3v) is 4.06. The number of halogens is 1. The van der Waals surface area contributed by atoms with Crippen molar-refractivity contribution < 1.29 is 14.3 Å². The summed E-state index contributed by atoms with van der Waals surface area (Å²) in [7, 11) is 3.44. The molecule has 0 atom stereocenters. The number of carbonyl (C=O) groups excluding carboxylic acids is 1. The van der Waals surface area contributed by atoms with Crippen LogP contribution in [0.25, 0.3) is 0 Å². The second-order valence-corrected chi connectivity index (χ2v) is 6.54. The Labute approximate surface area is 159 Å². The van der Waals surface area contributed by atoms with Crippen LogP contribution in [0.3, 0.4) is 0 Å². The first-order valence-electron chi connectivity index (χ1n) is 8.47. The summed E-state index contributed by atoms with van der Waals surface area (Å²) >= 11 is 6.28. The van der Waals surface area contributed by atoms with Gasteiger partial charge in [0.1, 0.15) is 0 Å². The summed E-state index contributed by atoms with van der Waals surface area (Å²) in [5.41, 5.74) is 2.90. The molecular formula is C20H25ClN2O3. The van der Waals surface area contributed by atoms with Crippen LogP contribution in [0.2, 0.25) is 5.02 Å². The summed E-state index contributed by atoms with van der Waals surface area (Å²) in [6.45, 7) is 5.26. The van der Waals surface area contributed by atoms with E-state index in [1.54, 1.807) is 7.11 Å². The maximum Gasteiger partial charge on any atom is 0.238 e. The molecule has 0 bridgehead atoms. The predicted molar refractivity (Wildman–Crippen MR) is 105 cm³/mol. The number of methoxy groups -OCH3 is 1. The maximum absolute atomic E-state index is 12.2. The number of carbonyl (C=O) groups is 1. The fraction of sp³-hybridized carbons (Fsp3) is 0.350. The number of anilines is 1. The number of nitrogens with zero attached hydrogens (tertiary/aromatic N) is 1. The number of ether oxygens (including phenoxy) is 2. The van der Waals surface area contributed by atoms with Gasteiger partial charge in [-0.15, -0.1) is 0 Å². The molecule has 0 saturated carbocycles. The summed E-state index contributed by atoms with van der Waals surface area (Å²) in [6, 6.07) is 11.4. The molecule has 1 amide bonds. The molecule has 2 aromatic rings. The van der Waals surface area contributed by atoms with E-state index in [0.29, 0.717) is 29.7 Å². The molecule has 2 aromatic carbocycles. The Morgan fingerprint density at radius 2 is 1.92 bits per heavy atom. The van der Waals surface area contributed by atoms with Crippen molar-refractivity contribution in [3.63, 3.8) is 0 Å². The molecule has 6 heteroatoms. The van der Waals surface area contributed by atoms with Crippen LogP contribution in [0, 0.1) is 6.92 Å². The van der Waals surface area contributed by atoms with Gasteiger partial charge in [0.15, 0.2) is 11.5 Å². The number of benzene rings is 2. The van der Waals surface area contributed by atoms with Crippen molar-refractivity contribution >= 4 is 23.2 Å². The quantitative estimate of drug-likeness (QED) is 0.752. The highest BCUT2D eigenvalue weighted by Crippen LogP contribution is 2.36. The van der Waals surface area contributed by atoms with Crippen LogP contribution in [-0.4, -0.2) is 38.1 Å². The number of aryl methyl sites for hydroxylation is 1. The topological polar surface area (TPSA) is 50.8 Å². The van der Waals surface area contributed by atoms with Crippen LogP contribution in [0.4, 0.5) is 5.69 Å². The molecule has 0 aliphatic carbocycles. The van der Waals surface area contributed by atoms with Gasteiger partial charge in [-0.2, -0.15) is 0 Å². The van der Waals surface area contributed by atoms with Gasteiger partial charge in [0.05, 0.1) is 25.3 Å². The predicted octanol–water partition coefficient (Wildman–Crippen LogP) is 4.13. The number of hydrogen-bond acceptors (Lipinski definition) is 4. The summed E-state index contributed by atoms with van der Waals surface area (Å²) < 4.78 is 10.9.